The molecule has 0 fully saturated rings. The summed E-state index contributed by atoms with van der Waals surface area (Å²) in [6.07, 6.45) is 0.660. The van der Waals surface area contributed by atoms with E-state index in [0.717, 1.165) is 30.8 Å². The summed E-state index contributed by atoms with van der Waals surface area (Å²) in [4.78, 5) is 0. The second-order valence-electron chi connectivity index (χ2n) is 5.50. The highest BCUT2D eigenvalue weighted by atomic mass is 16.5. The normalized spacial score (nSPS) is 16.1. The molecule has 1 aliphatic heterocycles. The van der Waals surface area contributed by atoms with E-state index in [-0.39, 0.29) is 0 Å². The maximum atomic E-state index is 10.2. The predicted molar refractivity (Wildman–Crippen MR) is 81.4 cm³/mol. The van der Waals surface area contributed by atoms with Crippen LogP contribution in [0.25, 0.3) is 0 Å². The van der Waals surface area contributed by atoms with Crippen LogP contribution in [0.2, 0.25) is 0 Å². The molecule has 3 heteroatoms. The van der Waals surface area contributed by atoms with Crippen LogP contribution in [-0.4, -0.2) is 22.9 Å². The molecule has 0 radical (unpaired) electrons. The standard InChI is InChI=1S/C18H20O3/c19-16(18(20)14-4-2-1-3-5-14)8-6-13-7-9-17-15(12-13)10-11-21-17/h1-5,7,9,12,16,18-20H,6,8,10-11H2. The minimum Gasteiger partial charge on any atom is -0.493 e. The van der Waals surface area contributed by atoms with Gasteiger partial charge in [-0.3, -0.25) is 0 Å². The third-order valence-corrected chi connectivity index (χ3v) is 3.99. The minimum absolute atomic E-state index is 0.537. The number of aliphatic hydroxyl groups is 2. The van der Waals surface area contributed by atoms with Crippen molar-refractivity contribution in [2.24, 2.45) is 0 Å². The molecule has 2 unspecified atom stereocenters. The Hall–Kier alpha value is -1.84. The van der Waals surface area contributed by atoms with Crippen LogP contribution in [0.15, 0.2) is 48.5 Å². The molecule has 2 N–H and O–H groups in total. The lowest BCUT2D eigenvalue weighted by Gasteiger charge is -2.18. The number of aryl methyl sites for hydroxylation is 1. The molecule has 0 spiro atoms. The quantitative estimate of drug-likeness (QED) is 0.887. The lowest BCUT2D eigenvalue weighted by Crippen LogP contribution is -2.18. The van der Waals surface area contributed by atoms with Crippen molar-refractivity contribution in [2.45, 2.75) is 31.5 Å². The average molecular weight is 284 g/mol. The van der Waals surface area contributed by atoms with Crippen molar-refractivity contribution >= 4 is 0 Å². The Balaban J connectivity index is 1.59. The molecular weight excluding hydrogens is 264 g/mol. The molecule has 0 amide bonds. The molecule has 3 nitrogen and oxygen atoms in total. The number of aliphatic hydroxyl groups excluding tert-OH is 2. The van der Waals surface area contributed by atoms with Crippen molar-refractivity contribution in [2.75, 3.05) is 6.61 Å². The first kappa shape index (κ1) is 14.1. The Morgan fingerprint density at radius 2 is 1.86 bits per heavy atom. The number of benzene rings is 2. The molecule has 3 rings (SSSR count). The van der Waals surface area contributed by atoms with Gasteiger partial charge in [0.2, 0.25) is 0 Å². The van der Waals surface area contributed by atoms with Crippen molar-refractivity contribution in [3.8, 4) is 5.75 Å². The van der Waals surface area contributed by atoms with Gasteiger partial charge in [-0.05, 0) is 35.6 Å². The Labute approximate surface area is 124 Å². The smallest absolute Gasteiger partial charge is 0.122 e. The van der Waals surface area contributed by atoms with Crippen LogP contribution in [0.5, 0.6) is 5.75 Å². The van der Waals surface area contributed by atoms with Gasteiger partial charge >= 0.3 is 0 Å². The van der Waals surface area contributed by atoms with Crippen molar-refractivity contribution in [3.63, 3.8) is 0 Å². The van der Waals surface area contributed by atoms with Crippen molar-refractivity contribution in [1.82, 2.24) is 0 Å². The van der Waals surface area contributed by atoms with Crippen LogP contribution in [0, 0.1) is 0 Å². The second kappa shape index (κ2) is 6.29. The fraction of sp³-hybridized carbons (Fsp3) is 0.333. The Morgan fingerprint density at radius 3 is 2.67 bits per heavy atom. The highest BCUT2D eigenvalue weighted by Gasteiger charge is 2.18. The largest absolute Gasteiger partial charge is 0.493 e. The van der Waals surface area contributed by atoms with Crippen molar-refractivity contribution in [3.05, 3.63) is 65.2 Å². The van der Waals surface area contributed by atoms with Gasteiger partial charge in [-0.25, -0.2) is 0 Å². The van der Waals surface area contributed by atoms with Gasteiger partial charge in [0.15, 0.2) is 0 Å². The summed E-state index contributed by atoms with van der Waals surface area (Å²) in [5.41, 5.74) is 3.18. The van der Waals surface area contributed by atoms with E-state index in [4.69, 9.17) is 4.74 Å². The second-order valence-corrected chi connectivity index (χ2v) is 5.50. The fourth-order valence-electron chi connectivity index (χ4n) is 2.74. The van der Waals surface area contributed by atoms with E-state index in [1.54, 1.807) is 0 Å². The van der Waals surface area contributed by atoms with Crippen molar-refractivity contribution < 1.29 is 14.9 Å². The number of hydrogen-bond acceptors (Lipinski definition) is 3. The van der Waals surface area contributed by atoms with E-state index in [2.05, 4.69) is 6.07 Å². The maximum Gasteiger partial charge on any atom is 0.122 e. The molecule has 2 aromatic rings. The Kier molecular flexibility index (Phi) is 4.23. The number of hydrogen-bond donors (Lipinski definition) is 2. The monoisotopic (exact) mass is 284 g/mol. The Morgan fingerprint density at radius 1 is 1.05 bits per heavy atom. The van der Waals surface area contributed by atoms with E-state index >= 15 is 0 Å². The van der Waals surface area contributed by atoms with E-state index in [0.29, 0.717) is 6.42 Å². The average Bonchev–Trinajstić information content (AvgIpc) is 3.00. The molecule has 110 valence electrons. The molecule has 0 aliphatic carbocycles. The molecule has 0 saturated carbocycles. The van der Waals surface area contributed by atoms with Gasteiger partial charge in [0.05, 0.1) is 12.7 Å². The lowest BCUT2D eigenvalue weighted by atomic mass is 9.97. The van der Waals surface area contributed by atoms with E-state index < -0.39 is 12.2 Å². The summed E-state index contributed by atoms with van der Waals surface area (Å²) in [7, 11) is 0. The van der Waals surface area contributed by atoms with Crippen LogP contribution < -0.4 is 4.74 Å². The third-order valence-electron chi connectivity index (χ3n) is 3.99. The highest BCUT2D eigenvalue weighted by molar-refractivity contribution is 5.39. The van der Waals surface area contributed by atoms with Gasteiger partial charge in [-0.15, -0.1) is 0 Å². The van der Waals surface area contributed by atoms with Crippen molar-refractivity contribution in [1.29, 1.82) is 0 Å². The molecule has 21 heavy (non-hydrogen) atoms. The number of rotatable bonds is 5. The van der Waals surface area contributed by atoms with E-state index in [1.165, 1.54) is 11.1 Å². The van der Waals surface area contributed by atoms with E-state index in [1.807, 2.05) is 42.5 Å². The van der Waals surface area contributed by atoms with Gasteiger partial charge in [0, 0.05) is 6.42 Å². The molecule has 0 saturated heterocycles. The highest BCUT2D eigenvalue weighted by Crippen LogP contribution is 2.27. The van der Waals surface area contributed by atoms with Gasteiger partial charge in [-0.1, -0.05) is 42.5 Å². The molecule has 1 aliphatic rings. The van der Waals surface area contributed by atoms with Gasteiger partial charge < -0.3 is 14.9 Å². The summed E-state index contributed by atoms with van der Waals surface area (Å²) in [6.45, 7) is 0.758. The molecule has 2 aromatic carbocycles. The number of fused-ring (bicyclic) bond motifs is 1. The summed E-state index contributed by atoms with van der Waals surface area (Å²) in [5.74, 6) is 0.976. The zero-order valence-corrected chi connectivity index (χ0v) is 11.9. The Bertz CT molecular complexity index is 595. The maximum absolute atomic E-state index is 10.2. The minimum atomic E-state index is -0.830. The molecule has 2 atom stereocenters. The summed E-state index contributed by atoms with van der Waals surface area (Å²) < 4.78 is 5.49. The first-order valence-electron chi connectivity index (χ1n) is 7.40. The van der Waals surface area contributed by atoms with Crippen LogP contribution in [0.1, 0.15) is 29.2 Å². The summed E-state index contributed by atoms with van der Waals surface area (Å²) in [5, 5.41) is 20.3. The summed E-state index contributed by atoms with van der Waals surface area (Å²) >= 11 is 0. The molecule has 1 heterocycles. The van der Waals surface area contributed by atoms with Gasteiger partial charge in [0.25, 0.3) is 0 Å². The lowest BCUT2D eigenvalue weighted by molar-refractivity contribution is 0.0137. The molecule has 0 bridgehead atoms. The fourth-order valence-corrected chi connectivity index (χ4v) is 2.74. The van der Waals surface area contributed by atoms with Crippen LogP contribution in [0.4, 0.5) is 0 Å². The SMILES string of the molecule is OC(CCc1ccc2c(c1)CCO2)C(O)c1ccccc1. The van der Waals surface area contributed by atoms with Crippen LogP contribution >= 0.6 is 0 Å². The van der Waals surface area contributed by atoms with Crippen LogP contribution in [-0.2, 0) is 12.8 Å². The topological polar surface area (TPSA) is 49.7 Å². The number of ether oxygens (including phenoxy) is 1. The zero-order valence-electron chi connectivity index (χ0n) is 11.9. The van der Waals surface area contributed by atoms with Gasteiger partial charge in [0.1, 0.15) is 11.9 Å². The zero-order chi connectivity index (χ0) is 14.7. The molecular formula is C18H20O3. The molecule has 0 aromatic heterocycles. The predicted octanol–water partition coefficient (Wildman–Crippen LogP) is 2.65. The van der Waals surface area contributed by atoms with E-state index in [9.17, 15) is 10.2 Å². The first-order valence-corrected chi connectivity index (χ1v) is 7.40. The first-order chi connectivity index (χ1) is 10.2. The third kappa shape index (κ3) is 3.26. The van der Waals surface area contributed by atoms with Gasteiger partial charge in [-0.2, -0.15) is 0 Å². The van der Waals surface area contributed by atoms with Crippen LogP contribution in [0.3, 0.4) is 0 Å². The summed E-state index contributed by atoms with van der Waals surface area (Å²) in [6, 6.07) is 15.5.